The van der Waals surface area contributed by atoms with E-state index in [2.05, 4.69) is 11.9 Å². The zero-order chi connectivity index (χ0) is 15.8. The molecule has 1 heterocycles. The number of amides is 1. The van der Waals surface area contributed by atoms with Crippen LogP contribution in [0.5, 0.6) is 0 Å². The molecule has 5 nitrogen and oxygen atoms in total. The number of aliphatic hydroxyl groups is 1. The first-order chi connectivity index (χ1) is 9.96. The Morgan fingerprint density at radius 1 is 1.38 bits per heavy atom. The van der Waals surface area contributed by atoms with E-state index in [-0.39, 0.29) is 18.4 Å². The SMILES string of the molecule is COCCN(C)C[C@@H]1C[C@@H](CO)CN(C(=O)C=C(C)C)C1. The van der Waals surface area contributed by atoms with Gasteiger partial charge in [0, 0.05) is 46.0 Å². The van der Waals surface area contributed by atoms with Crippen molar-refractivity contribution in [3.8, 4) is 0 Å². The molecule has 0 aromatic carbocycles. The summed E-state index contributed by atoms with van der Waals surface area (Å²) in [6, 6.07) is 0. The third-order valence-corrected chi connectivity index (χ3v) is 3.85. The smallest absolute Gasteiger partial charge is 0.246 e. The number of piperidine rings is 1. The summed E-state index contributed by atoms with van der Waals surface area (Å²) < 4.78 is 5.09. The van der Waals surface area contributed by atoms with E-state index in [4.69, 9.17) is 4.74 Å². The van der Waals surface area contributed by atoms with Crippen molar-refractivity contribution in [2.45, 2.75) is 20.3 Å². The van der Waals surface area contributed by atoms with Crippen molar-refractivity contribution in [3.05, 3.63) is 11.6 Å². The fourth-order valence-corrected chi connectivity index (χ4v) is 2.88. The van der Waals surface area contributed by atoms with Crippen LogP contribution in [0.4, 0.5) is 0 Å². The molecule has 1 fully saturated rings. The minimum absolute atomic E-state index is 0.0673. The van der Waals surface area contributed by atoms with Gasteiger partial charge in [-0.3, -0.25) is 4.79 Å². The summed E-state index contributed by atoms with van der Waals surface area (Å²) >= 11 is 0. The number of likely N-dealkylation sites (N-methyl/N-ethyl adjacent to an activating group) is 1. The van der Waals surface area contributed by atoms with Crippen LogP contribution in [-0.4, -0.2) is 74.4 Å². The first-order valence-electron chi connectivity index (χ1n) is 7.68. The van der Waals surface area contributed by atoms with Crippen molar-refractivity contribution in [1.82, 2.24) is 9.80 Å². The topological polar surface area (TPSA) is 53.0 Å². The summed E-state index contributed by atoms with van der Waals surface area (Å²) in [7, 11) is 3.78. The molecule has 0 aromatic rings. The molecule has 1 N–H and O–H groups in total. The number of rotatable bonds is 7. The normalized spacial score (nSPS) is 22.5. The summed E-state index contributed by atoms with van der Waals surface area (Å²) in [5, 5.41) is 9.48. The van der Waals surface area contributed by atoms with Crippen LogP contribution in [0, 0.1) is 11.8 Å². The minimum atomic E-state index is 0.0673. The van der Waals surface area contributed by atoms with Crippen molar-refractivity contribution in [2.75, 3.05) is 53.6 Å². The maximum atomic E-state index is 12.2. The van der Waals surface area contributed by atoms with Gasteiger partial charge in [-0.1, -0.05) is 5.57 Å². The monoisotopic (exact) mass is 298 g/mol. The second-order valence-corrected chi connectivity index (χ2v) is 6.37. The van der Waals surface area contributed by atoms with Crippen LogP contribution in [0.15, 0.2) is 11.6 Å². The van der Waals surface area contributed by atoms with Crippen LogP contribution >= 0.6 is 0 Å². The first-order valence-corrected chi connectivity index (χ1v) is 7.68. The Morgan fingerprint density at radius 2 is 2.05 bits per heavy atom. The number of aliphatic hydroxyl groups excluding tert-OH is 1. The number of hydrogen-bond acceptors (Lipinski definition) is 4. The summed E-state index contributed by atoms with van der Waals surface area (Å²) in [6.45, 7) is 7.98. The second-order valence-electron chi connectivity index (χ2n) is 6.37. The van der Waals surface area contributed by atoms with Gasteiger partial charge in [-0.15, -0.1) is 0 Å². The molecule has 2 atom stereocenters. The molecule has 122 valence electrons. The van der Waals surface area contributed by atoms with Crippen LogP contribution < -0.4 is 0 Å². The molecule has 1 aliphatic rings. The lowest BCUT2D eigenvalue weighted by atomic mass is 9.89. The molecule has 0 spiro atoms. The zero-order valence-corrected chi connectivity index (χ0v) is 13.8. The third-order valence-electron chi connectivity index (χ3n) is 3.85. The molecule has 0 aromatic heterocycles. The van der Waals surface area contributed by atoms with Gasteiger partial charge < -0.3 is 19.6 Å². The zero-order valence-electron chi connectivity index (χ0n) is 13.8. The summed E-state index contributed by atoms with van der Waals surface area (Å²) in [6.07, 6.45) is 2.66. The molecule has 21 heavy (non-hydrogen) atoms. The molecule has 1 saturated heterocycles. The molecule has 0 radical (unpaired) electrons. The quantitative estimate of drug-likeness (QED) is 0.712. The highest BCUT2D eigenvalue weighted by molar-refractivity contribution is 5.88. The van der Waals surface area contributed by atoms with Gasteiger partial charge in [0.05, 0.1) is 6.61 Å². The number of hydrogen-bond donors (Lipinski definition) is 1. The summed E-state index contributed by atoms with van der Waals surface area (Å²) in [4.78, 5) is 16.3. The molecular formula is C16H30N2O3. The highest BCUT2D eigenvalue weighted by Crippen LogP contribution is 2.23. The lowest BCUT2D eigenvalue weighted by Crippen LogP contribution is -2.47. The van der Waals surface area contributed by atoms with E-state index in [9.17, 15) is 9.90 Å². The van der Waals surface area contributed by atoms with Gasteiger partial charge in [0.2, 0.25) is 5.91 Å². The molecule has 0 aliphatic carbocycles. The van der Waals surface area contributed by atoms with E-state index in [1.807, 2.05) is 18.7 Å². The van der Waals surface area contributed by atoms with E-state index in [0.717, 1.165) is 31.6 Å². The Kier molecular flexibility index (Phi) is 7.93. The standard InChI is InChI=1S/C16H30N2O3/c1-13(2)7-16(20)18-10-14(8-15(11-18)12-19)9-17(3)5-6-21-4/h7,14-15,19H,5-6,8-12H2,1-4H3/t14-,15+/m0/s1. The Labute approximate surface area is 128 Å². The van der Waals surface area contributed by atoms with Crippen LogP contribution in [-0.2, 0) is 9.53 Å². The van der Waals surface area contributed by atoms with Crippen molar-refractivity contribution in [1.29, 1.82) is 0 Å². The molecule has 0 saturated carbocycles. The molecule has 0 bridgehead atoms. The average Bonchev–Trinajstić information content (AvgIpc) is 2.43. The predicted molar refractivity (Wildman–Crippen MR) is 84.1 cm³/mol. The van der Waals surface area contributed by atoms with Crippen molar-refractivity contribution < 1.29 is 14.6 Å². The maximum Gasteiger partial charge on any atom is 0.246 e. The van der Waals surface area contributed by atoms with Gasteiger partial charge in [0.25, 0.3) is 0 Å². The second kappa shape index (κ2) is 9.18. The molecule has 1 rings (SSSR count). The third kappa shape index (κ3) is 6.59. The van der Waals surface area contributed by atoms with Crippen molar-refractivity contribution in [3.63, 3.8) is 0 Å². The Hall–Kier alpha value is -0.910. The van der Waals surface area contributed by atoms with Crippen LogP contribution in [0.3, 0.4) is 0 Å². The lowest BCUT2D eigenvalue weighted by Gasteiger charge is -2.38. The fraction of sp³-hybridized carbons (Fsp3) is 0.812. The first kappa shape index (κ1) is 18.1. The fourth-order valence-electron chi connectivity index (χ4n) is 2.88. The van der Waals surface area contributed by atoms with Crippen LogP contribution in [0.1, 0.15) is 20.3 Å². The Bertz CT molecular complexity index is 353. The van der Waals surface area contributed by atoms with E-state index in [1.54, 1.807) is 13.2 Å². The van der Waals surface area contributed by atoms with E-state index in [0.29, 0.717) is 19.1 Å². The largest absolute Gasteiger partial charge is 0.396 e. The highest BCUT2D eigenvalue weighted by atomic mass is 16.5. The number of nitrogens with zero attached hydrogens (tertiary/aromatic N) is 2. The van der Waals surface area contributed by atoms with Gasteiger partial charge in [-0.05, 0) is 39.2 Å². The number of carbonyl (C=O) groups is 1. The van der Waals surface area contributed by atoms with Gasteiger partial charge in [0.1, 0.15) is 0 Å². The van der Waals surface area contributed by atoms with Gasteiger partial charge in [-0.25, -0.2) is 0 Å². The Morgan fingerprint density at radius 3 is 2.62 bits per heavy atom. The Balaban J connectivity index is 2.60. The predicted octanol–water partition coefficient (Wildman–Crippen LogP) is 0.988. The van der Waals surface area contributed by atoms with Gasteiger partial charge in [-0.2, -0.15) is 0 Å². The lowest BCUT2D eigenvalue weighted by molar-refractivity contribution is -0.129. The molecule has 1 aliphatic heterocycles. The molecule has 1 amide bonds. The molecule has 5 heteroatoms. The van der Waals surface area contributed by atoms with Crippen LogP contribution in [0.25, 0.3) is 0 Å². The summed E-state index contributed by atoms with van der Waals surface area (Å²) in [5.41, 5.74) is 1.01. The van der Waals surface area contributed by atoms with E-state index in [1.165, 1.54) is 0 Å². The number of allylic oxidation sites excluding steroid dienone is 1. The molecular weight excluding hydrogens is 268 g/mol. The highest BCUT2D eigenvalue weighted by Gasteiger charge is 2.29. The molecule has 0 unspecified atom stereocenters. The minimum Gasteiger partial charge on any atom is -0.396 e. The van der Waals surface area contributed by atoms with Gasteiger partial charge in [0.15, 0.2) is 0 Å². The number of likely N-dealkylation sites (tertiary alicyclic amines) is 1. The number of carbonyl (C=O) groups excluding carboxylic acids is 1. The average molecular weight is 298 g/mol. The van der Waals surface area contributed by atoms with Gasteiger partial charge >= 0.3 is 0 Å². The van der Waals surface area contributed by atoms with Crippen molar-refractivity contribution >= 4 is 5.91 Å². The number of methoxy groups -OCH3 is 1. The van der Waals surface area contributed by atoms with Crippen molar-refractivity contribution in [2.24, 2.45) is 11.8 Å². The summed E-state index contributed by atoms with van der Waals surface area (Å²) in [5.74, 6) is 0.666. The van der Waals surface area contributed by atoms with E-state index >= 15 is 0 Å². The maximum absolute atomic E-state index is 12.2. The van der Waals surface area contributed by atoms with E-state index < -0.39 is 0 Å². The van der Waals surface area contributed by atoms with Crippen LogP contribution in [0.2, 0.25) is 0 Å². The number of ether oxygens (including phenoxy) is 1.